The van der Waals surface area contributed by atoms with Crippen molar-refractivity contribution in [3.8, 4) is 0 Å². The lowest BCUT2D eigenvalue weighted by atomic mass is 9.89. The zero-order valence-electron chi connectivity index (χ0n) is 19.2. The van der Waals surface area contributed by atoms with Crippen LogP contribution in [0, 0.1) is 11.6 Å². The van der Waals surface area contributed by atoms with Crippen molar-refractivity contribution in [2.75, 3.05) is 31.1 Å². The Morgan fingerprint density at radius 1 is 1.00 bits per heavy atom. The molecule has 11 heteroatoms. The molecule has 3 fully saturated rings. The van der Waals surface area contributed by atoms with Gasteiger partial charge < -0.3 is 19.9 Å². The molecule has 3 aliphatic heterocycles. The van der Waals surface area contributed by atoms with Gasteiger partial charge in [0.15, 0.2) is 0 Å². The van der Waals surface area contributed by atoms with Crippen LogP contribution in [-0.2, 0) is 14.3 Å². The van der Waals surface area contributed by atoms with E-state index in [-0.39, 0.29) is 30.4 Å². The summed E-state index contributed by atoms with van der Waals surface area (Å²) in [6.07, 6.45) is -0.928. The Kier molecular flexibility index (Phi) is 6.29. The van der Waals surface area contributed by atoms with Gasteiger partial charge in [0.25, 0.3) is 5.91 Å². The van der Waals surface area contributed by atoms with Gasteiger partial charge in [-0.2, -0.15) is 0 Å². The predicted molar refractivity (Wildman–Crippen MR) is 123 cm³/mol. The molecule has 0 aliphatic carbocycles. The number of carbonyl (C=O) groups excluding carboxylic acids is 4. The number of carbonyl (C=O) groups is 4. The van der Waals surface area contributed by atoms with Gasteiger partial charge in [-0.1, -0.05) is 18.2 Å². The van der Waals surface area contributed by atoms with Crippen molar-refractivity contribution in [1.82, 2.24) is 15.5 Å². The highest BCUT2D eigenvalue weighted by atomic mass is 19.1. The number of nitrogens with zero attached hydrogens (tertiary/aromatic N) is 2. The van der Waals surface area contributed by atoms with E-state index >= 15 is 0 Å². The van der Waals surface area contributed by atoms with E-state index < -0.39 is 41.6 Å². The van der Waals surface area contributed by atoms with Gasteiger partial charge in [-0.05, 0) is 30.7 Å². The Morgan fingerprint density at radius 3 is 2.31 bits per heavy atom. The molecule has 0 spiro atoms. The topological polar surface area (TPSA) is 108 Å². The van der Waals surface area contributed by atoms with Gasteiger partial charge >= 0.3 is 6.09 Å². The van der Waals surface area contributed by atoms with Crippen molar-refractivity contribution in [1.29, 1.82) is 0 Å². The molecular formula is C25H24F2N4O5. The number of benzene rings is 2. The molecule has 5 rings (SSSR count). The van der Waals surface area contributed by atoms with Crippen molar-refractivity contribution in [3.05, 3.63) is 65.2 Å². The molecule has 1 atom stereocenters. The highest BCUT2D eigenvalue weighted by Gasteiger charge is 2.37. The fourth-order valence-corrected chi connectivity index (χ4v) is 4.63. The second kappa shape index (κ2) is 9.56. The van der Waals surface area contributed by atoms with Crippen LogP contribution in [0.1, 0.15) is 34.7 Å². The number of amides is 4. The monoisotopic (exact) mass is 498 g/mol. The van der Waals surface area contributed by atoms with Gasteiger partial charge in [0.2, 0.25) is 11.8 Å². The zero-order chi connectivity index (χ0) is 25.4. The number of halogens is 2. The Balaban J connectivity index is 1.08. The number of imide groups is 1. The summed E-state index contributed by atoms with van der Waals surface area (Å²) in [7, 11) is 0. The fourth-order valence-electron chi connectivity index (χ4n) is 4.63. The lowest BCUT2D eigenvalue weighted by molar-refractivity contribution is -0.134. The lowest BCUT2D eigenvalue weighted by Crippen LogP contribution is -2.61. The first-order chi connectivity index (χ1) is 17.3. The third-order valence-electron chi connectivity index (χ3n) is 6.65. The summed E-state index contributed by atoms with van der Waals surface area (Å²) >= 11 is 0. The van der Waals surface area contributed by atoms with E-state index in [9.17, 15) is 28.0 Å². The van der Waals surface area contributed by atoms with E-state index in [0.29, 0.717) is 37.4 Å². The number of rotatable bonds is 5. The molecule has 1 unspecified atom stereocenters. The van der Waals surface area contributed by atoms with E-state index in [1.807, 2.05) is 6.07 Å². The first-order valence-corrected chi connectivity index (χ1v) is 11.7. The van der Waals surface area contributed by atoms with E-state index in [0.717, 1.165) is 12.1 Å². The molecular weight excluding hydrogens is 474 g/mol. The molecule has 188 valence electrons. The minimum absolute atomic E-state index is 0.0227. The molecule has 3 heterocycles. The average Bonchev–Trinajstić information content (AvgIpc) is 2.79. The summed E-state index contributed by atoms with van der Waals surface area (Å²) in [5.74, 6) is -4.04. The number of alkyl carbamates (subject to hydrolysis) is 1. The third-order valence-corrected chi connectivity index (χ3v) is 6.65. The van der Waals surface area contributed by atoms with Crippen LogP contribution in [0.15, 0.2) is 42.5 Å². The van der Waals surface area contributed by atoms with Crippen molar-refractivity contribution >= 4 is 29.5 Å². The van der Waals surface area contributed by atoms with E-state index in [1.165, 1.54) is 0 Å². The first-order valence-electron chi connectivity index (χ1n) is 11.7. The molecule has 9 nitrogen and oxygen atoms in total. The number of nitrogens with one attached hydrogen (secondary N) is 2. The van der Waals surface area contributed by atoms with Crippen molar-refractivity contribution in [2.24, 2.45) is 0 Å². The molecule has 0 bridgehead atoms. The van der Waals surface area contributed by atoms with Crippen LogP contribution in [0.3, 0.4) is 0 Å². The molecule has 2 aromatic rings. The highest BCUT2D eigenvalue weighted by molar-refractivity contribution is 6.01. The Hall–Kier alpha value is -4.02. The van der Waals surface area contributed by atoms with Crippen LogP contribution < -0.4 is 15.5 Å². The summed E-state index contributed by atoms with van der Waals surface area (Å²) < 4.78 is 34.8. The summed E-state index contributed by atoms with van der Waals surface area (Å²) in [4.78, 5) is 51.1. The van der Waals surface area contributed by atoms with Gasteiger partial charge in [0, 0.05) is 36.3 Å². The Bertz CT molecular complexity index is 1190. The highest BCUT2D eigenvalue weighted by Crippen LogP contribution is 2.33. The summed E-state index contributed by atoms with van der Waals surface area (Å²) in [5.41, 5.74) is 0.525. The minimum Gasteiger partial charge on any atom is -0.442 e. The summed E-state index contributed by atoms with van der Waals surface area (Å²) in [6.45, 7) is 1.29. The molecule has 3 aliphatic rings. The van der Waals surface area contributed by atoms with Crippen LogP contribution in [0.4, 0.5) is 19.3 Å². The quantitative estimate of drug-likeness (QED) is 0.610. The number of ether oxygens (including phenoxy) is 1. The maximum absolute atomic E-state index is 14.7. The molecule has 4 amide bonds. The van der Waals surface area contributed by atoms with Crippen LogP contribution in [0.5, 0.6) is 0 Å². The molecule has 2 N–H and O–H groups in total. The zero-order valence-corrected chi connectivity index (χ0v) is 19.2. The second-order valence-electron chi connectivity index (χ2n) is 9.18. The van der Waals surface area contributed by atoms with Crippen molar-refractivity contribution in [2.45, 2.75) is 30.9 Å². The SMILES string of the molecule is O=C1CCC(c2c(F)cc(N3CC(NC(=O)OC4CN(C(=O)c5ccccc5)C4)C3)cc2F)C(=O)N1. The maximum atomic E-state index is 14.7. The predicted octanol–water partition coefficient (Wildman–Crippen LogP) is 1.92. The molecule has 2 aromatic carbocycles. The number of hydrogen-bond acceptors (Lipinski definition) is 6. The second-order valence-corrected chi connectivity index (χ2v) is 9.18. The lowest BCUT2D eigenvalue weighted by Gasteiger charge is -2.42. The van der Waals surface area contributed by atoms with Crippen LogP contribution in [0.25, 0.3) is 0 Å². The average molecular weight is 498 g/mol. The minimum atomic E-state index is -1.05. The number of likely N-dealkylation sites (tertiary alicyclic amines) is 1. The normalized spacial score (nSPS) is 20.3. The van der Waals surface area contributed by atoms with Gasteiger partial charge in [-0.25, -0.2) is 13.6 Å². The van der Waals surface area contributed by atoms with Crippen molar-refractivity contribution < 1.29 is 32.7 Å². The van der Waals surface area contributed by atoms with Crippen LogP contribution in [0.2, 0.25) is 0 Å². The largest absolute Gasteiger partial charge is 0.442 e. The van der Waals surface area contributed by atoms with Crippen molar-refractivity contribution in [3.63, 3.8) is 0 Å². The number of hydrogen-bond donors (Lipinski definition) is 2. The van der Waals surface area contributed by atoms with Crippen LogP contribution >= 0.6 is 0 Å². The number of anilines is 1. The Labute approximate surface area is 205 Å². The summed E-state index contributed by atoms with van der Waals surface area (Å²) in [5, 5.41) is 4.82. The van der Waals surface area contributed by atoms with E-state index in [1.54, 1.807) is 34.1 Å². The van der Waals surface area contributed by atoms with Gasteiger partial charge in [0.05, 0.1) is 25.0 Å². The van der Waals surface area contributed by atoms with Gasteiger partial charge in [-0.15, -0.1) is 0 Å². The maximum Gasteiger partial charge on any atom is 0.407 e. The molecule has 36 heavy (non-hydrogen) atoms. The smallest absolute Gasteiger partial charge is 0.407 e. The van der Waals surface area contributed by atoms with Gasteiger partial charge in [-0.3, -0.25) is 19.7 Å². The van der Waals surface area contributed by atoms with E-state index in [2.05, 4.69) is 10.6 Å². The third kappa shape index (κ3) is 4.73. The Morgan fingerprint density at radius 2 is 1.67 bits per heavy atom. The first kappa shape index (κ1) is 23.7. The molecule has 0 radical (unpaired) electrons. The molecule has 0 aromatic heterocycles. The van der Waals surface area contributed by atoms with Gasteiger partial charge in [0.1, 0.15) is 17.7 Å². The summed E-state index contributed by atoms with van der Waals surface area (Å²) in [6, 6.07) is 10.9. The van der Waals surface area contributed by atoms with Crippen LogP contribution in [-0.4, -0.2) is 67.0 Å². The standard InChI is InChI=1S/C25H24F2N4O5/c26-19-8-16(9-20(27)22(19)18-6-7-21(32)29-23(18)33)30-10-15(11-30)28-25(35)36-17-12-31(13-17)24(34)14-4-2-1-3-5-14/h1-5,8-9,15,17-18H,6-7,10-13H2,(H,28,35)(H,29,32,33). The van der Waals surface area contributed by atoms with E-state index in [4.69, 9.17) is 4.74 Å². The molecule has 3 saturated heterocycles. The number of piperidine rings is 1. The fraction of sp³-hybridized carbons (Fsp3) is 0.360. The molecule has 0 saturated carbocycles.